The zero-order valence-corrected chi connectivity index (χ0v) is 6.24. The normalized spacial score (nSPS) is 9.50. The highest BCUT2D eigenvalue weighted by molar-refractivity contribution is 5.88. The number of methoxy groups -OCH3 is 1. The second kappa shape index (κ2) is 3.17. The number of rotatable bonds is 2. The lowest BCUT2D eigenvalue weighted by atomic mass is 10.3. The highest BCUT2D eigenvalue weighted by Gasteiger charge is 2.12. The first-order valence-electron chi connectivity index (χ1n) is 3.08. The smallest absolute Gasteiger partial charge is 0.358 e. The third-order valence-electron chi connectivity index (χ3n) is 1.24. The summed E-state index contributed by atoms with van der Waals surface area (Å²) in [7, 11) is 1.25. The Kier molecular flexibility index (Phi) is 2.23. The lowest BCUT2D eigenvalue weighted by Gasteiger charge is -2.01. The van der Waals surface area contributed by atoms with Gasteiger partial charge in [0.25, 0.3) is 0 Å². The first-order chi connectivity index (χ1) is 5.65. The van der Waals surface area contributed by atoms with E-state index in [2.05, 4.69) is 9.72 Å². The van der Waals surface area contributed by atoms with Gasteiger partial charge < -0.3 is 9.84 Å². The van der Waals surface area contributed by atoms with Crippen LogP contribution in [0.4, 0.5) is 4.39 Å². The number of aromatic carboxylic acids is 1. The van der Waals surface area contributed by atoms with Gasteiger partial charge in [-0.15, -0.1) is 0 Å². The molecule has 1 rings (SSSR count). The number of aromatic nitrogens is 1. The third kappa shape index (κ3) is 1.50. The largest absolute Gasteiger partial charge is 0.494 e. The molecule has 0 aliphatic carbocycles. The maximum Gasteiger partial charge on any atom is 0.358 e. The number of hydrogen-bond donors (Lipinski definition) is 1. The van der Waals surface area contributed by atoms with Crippen molar-refractivity contribution < 1.29 is 19.0 Å². The highest BCUT2D eigenvalue weighted by atomic mass is 19.1. The van der Waals surface area contributed by atoms with Crippen molar-refractivity contribution in [3.63, 3.8) is 0 Å². The Morgan fingerprint density at radius 2 is 2.42 bits per heavy atom. The predicted octanol–water partition coefficient (Wildman–Crippen LogP) is 0.927. The number of ether oxygens (including phenoxy) is 1. The molecule has 0 fully saturated rings. The van der Waals surface area contributed by atoms with E-state index >= 15 is 0 Å². The fraction of sp³-hybridized carbons (Fsp3) is 0.143. The highest BCUT2D eigenvalue weighted by Crippen LogP contribution is 2.16. The first-order valence-corrected chi connectivity index (χ1v) is 3.08. The molecule has 0 atom stereocenters. The average Bonchev–Trinajstić information content (AvgIpc) is 2.03. The van der Waals surface area contributed by atoms with Gasteiger partial charge in [-0.05, 0) is 0 Å². The van der Waals surface area contributed by atoms with Crippen LogP contribution in [-0.2, 0) is 0 Å². The molecule has 64 valence electrons. The summed E-state index contributed by atoms with van der Waals surface area (Å²) in [6.45, 7) is 0. The predicted molar refractivity (Wildman–Crippen MR) is 37.7 cm³/mol. The van der Waals surface area contributed by atoms with Crippen molar-refractivity contribution in [2.24, 2.45) is 0 Å². The third-order valence-corrected chi connectivity index (χ3v) is 1.24. The lowest BCUT2D eigenvalue weighted by molar-refractivity contribution is 0.0686. The second-order valence-electron chi connectivity index (χ2n) is 2.01. The topological polar surface area (TPSA) is 59.4 Å². The molecule has 0 saturated carbocycles. The maximum absolute atomic E-state index is 12.5. The molecular formula is C7H6FNO3. The van der Waals surface area contributed by atoms with Crippen LogP contribution in [0.1, 0.15) is 10.5 Å². The van der Waals surface area contributed by atoms with Crippen molar-refractivity contribution in [2.75, 3.05) is 7.11 Å². The number of pyridine rings is 1. The summed E-state index contributed by atoms with van der Waals surface area (Å²) >= 11 is 0. The number of carboxylic acid groups (broad SMARTS) is 1. The Balaban J connectivity index is 3.20. The van der Waals surface area contributed by atoms with Crippen LogP contribution in [0.15, 0.2) is 12.3 Å². The van der Waals surface area contributed by atoms with Gasteiger partial charge in [-0.3, -0.25) is 0 Å². The molecule has 5 heteroatoms. The van der Waals surface area contributed by atoms with Crippen molar-refractivity contribution in [2.45, 2.75) is 0 Å². The van der Waals surface area contributed by atoms with E-state index < -0.39 is 11.8 Å². The van der Waals surface area contributed by atoms with Gasteiger partial charge in [0.05, 0.1) is 13.3 Å². The zero-order valence-electron chi connectivity index (χ0n) is 6.24. The molecule has 0 saturated heterocycles. The van der Waals surface area contributed by atoms with Crippen molar-refractivity contribution in [3.05, 3.63) is 23.8 Å². The average molecular weight is 171 g/mol. The Morgan fingerprint density at radius 1 is 1.75 bits per heavy atom. The molecule has 0 aliphatic rings. The minimum Gasteiger partial charge on any atom is -0.494 e. The molecule has 0 aromatic carbocycles. The van der Waals surface area contributed by atoms with E-state index in [0.29, 0.717) is 0 Å². The SMILES string of the molecule is COc1cc(F)cnc1C(=O)O. The van der Waals surface area contributed by atoms with Gasteiger partial charge in [-0.1, -0.05) is 0 Å². The Hall–Kier alpha value is -1.65. The first kappa shape index (κ1) is 8.45. The summed E-state index contributed by atoms with van der Waals surface area (Å²) in [6.07, 6.45) is 0.825. The zero-order chi connectivity index (χ0) is 9.14. The molecule has 0 amide bonds. The van der Waals surface area contributed by atoms with Crippen LogP contribution < -0.4 is 4.74 Å². The number of hydrogen-bond acceptors (Lipinski definition) is 3. The number of nitrogens with zero attached hydrogens (tertiary/aromatic N) is 1. The van der Waals surface area contributed by atoms with E-state index in [4.69, 9.17) is 5.11 Å². The van der Waals surface area contributed by atoms with Crippen molar-refractivity contribution in [1.29, 1.82) is 0 Å². The van der Waals surface area contributed by atoms with Crippen LogP contribution in [0, 0.1) is 5.82 Å². The standard InChI is InChI=1S/C7H6FNO3/c1-12-5-2-4(8)3-9-6(5)7(10)11/h2-3H,1H3,(H,10,11). The molecule has 12 heavy (non-hydrogen) atoms. The quantitative estimate of drug-likeness (QED) is 0.718. The molecule has 1 N–H and O–H groups in total. The molecular weight excluding hydrogens is 165 g/mol. The van der Waals surface area contributed by atoms with Crippen molar-refractivity contribution >= 4 is 5.97 Å². The molecule has 4 nitrogen and oxygen atoms in total. The number of carboxylic acids is 1. The Bertz CT molecular complexity index is 314. The van der Waals surface area contributed by atoms with Gasteiger partial charge in [-0.2, -0.15) is 0 Å². The number of carbonyl (C=O) groups is 1. The van der Waals surface area contributed by atoms with E-state index in [9.17, 15) is 9.18 Å². The van der Waals surface area contributed by atoms with Gasteiger partial charge in [0.15, 0.2) is 11.4 Å². The molecule has 0 unspecified atom stereocenters. The minimum absolute atomic E-state index is 0.0810. The molecule has 0 radical (unpaired) electrons. The van der Waals surface area contributed by atoms with Crippen molar-refractivity contribution in [1.82, 2.24) is 4.98 Å². The summed E-state index contributed by atoms with van der Waals surface area (Å²) in [5.41, 5.74) is -0.293. The number of halogens is 1. The molecule has 0 spiro atoms. The van der Waals surface area contributed by atoms with E-state index in [-0.39, 0.29) is 11.4 Å². The summed E-state index contributed by atoms with van der Waals surface area (Å²) in [6, 6.07) is 0.969. The molecule has 1 heterocycles. The van der Waals surface area contributed by atoms with Crippen LogP contribution in [0.25, 0.3) is 0 Å². The molecule has 1 aromatic heterocycles. The van der Waals surface area contributed by atoms with Crippen LogP contribution in [0.5, 0.6) is 5.75 Å². The van der Waals surface area contributed by atoms with Gasteiger partial charge >= 0.3 is 5.97 Å². The van der Waals surface area contributed by atoms with Crippen LogP contribution in [-0.4, -0.2) is 23.2 Å². The van der Waals surface area contributed by atoms with Crippen LogP contribution >= 0.6 is 0 Å². The monoisotopic (exact) mass is 171 g/mol. The van der Waals surface area contributed by atoms with E-state index in [1.54, 1.807) is 0 Å². The van der Waals surface area contributed by atoms with E-state index in [1.165, 1.54) is 7.11 Å². The van der Waals surface area contributed by atoms with Crippen LogP contribution in [0.2, 0.25) is 0 Å². The van der Waals surface area contributed by atoms with Gasteiger partial charge in [-0.25, -0.2) is 14.2 Å². The Morgan fingerprint density at radius 3 is 2.92 bits per heavy atom. The van der Waals surface area contributed by atoms with E-state index in [0.717, 1.165) is 12.3 Å². The summed E-state index contributed by atoms with van der Waals surface area (Å²) in [5.74, 6) is -1.95. The molecule has 0 bridgehead atoms. The summed E-state index contributed by atoms with van der Waals surface area (Å²) in [4.78, 5) is 13.8. The maximum atomic E-state index is 12.5. The lowest BCUT2D eigenvalue weighted by Crippen LogP contribution is -2.03. The van der Waals surface area contributed by atoms with Gasteiger partial charge in [0.1, 0.15) is 5.82 Å². The fourth-order valence-electron chi connectivity index (χ4n) is 0.737. The van der Waals surface area contributed by atoms with Crippen LogP contribution in [0.3, 0.4) is 0 Å². The van der Waals surface area contributed by atoms with Gasteiger partial charge in [0.2, 0.25) is 0 Å². The second-order valence-corrected chi connectivity index (χ2v) is 2.01. The molecule has 1 aromatic rings. The Labute approximate surface area is 67.6 Å². The minimum atomic E-state index is -1.24. The van der Waals surface area contributed by atoms with E-state index in [1.807, 2.05) is 0 Å². The van der Waals surface area contributed by atoms with Crippen molar-refractivity contribution in [3.8, 4) is 5.75 Å². The molecule has 0 aliphatic heterocycles. The van der Waals surface area contributed by atoms with Gasteiger partial charge in [0, 0.05) is 6.07 Å². The summed E-state index contributed by atoms with van der Waals surface area (Å²) in [5, 5.41) is 8.52. The summed E-state index contributed by atoms with van der Waals surface area (Å²) < 4.78 is 17.1. The fourth-order valence-corrected chi connectivity index (χ4v) is 0.737.